The Bertz CT molecular complexity index is 489. The Morgan fingerprint density at radius 2 is 1.81 bits per heavy atom. The van der Waals surface area contributed by atoms with Gasteiger partial charge in [0.2, 0.25) is 5.91 Å². The Balaban J connectivity index is 2.56. The Morgan fingerprint density at radius 1 is 1.24 bits per heavy atom. The van der Waals surface area contributed by atoms with Gasteiger partial charge in [0.05, 0.1) is 0 Å². The minimum atomic E-state index is -0.735. The summed E-state index contributed by atoms with van der Waals surface area (Å²) in [5.41, 5.74) is 6.99. The number of amides is 2. The van der Waals surface area contributed by atoms with Crippen LogP contribution in [0.5, 0.6) is 0 Å². The molecule has 1 unspecified atom stereocenters. The van der Waals surface area contributed by atoms with Crippen LogP contribution in [0.4, 0.5) is 4.79 Å². The van der Waals surface area contributed by atoms with Crippen LogP contribution in [-0.2, 0) is 16.0 Å². The molecule has 3 N–H and O–H groups in total. The van der Waals surface area contributed by atoms with Crippen LogP contribution in [0.25, 0.3) is 0 Å². The Kier molecular flexibility index (Phi) is 5.76. The molecule has 0 bridgehead atoms. The van der Waals surface area contributed by atoms with Crippen LogP contribution in [-0.4, -0.2) is 23.6 Å². The maximum Gasteiger partial charge on any atom is 0.408 e. The van der Waals surface area contributed by atoms with Gasteiger partial charge in [0.25, 0.3) is 0 Å². The highest BCUT2D eigenvalue weighted by Gasteiger charge is 2.22. The summed E-state index contributed by atoms with van der Waals surface area (Å²) in [5.74, 6) is -0.562. The molecular formula is C16H24N2O3. The van der Waals surface area contributed by atoms with Crippen molar-refractivity contribution in [1.29, 1.82) is 0 Å². The molecule has 0 spiro atoms. The molecule has 1 aromatic rings. The quantitative estimate of drug-likeness (QED) is 0.873. The van der Waals surface area contributed by atoms with Crippen LogP contribution in [0.3, 0.4) is 0 Å². The van der Waals surface area contributed by atoms with E-state index in [1.807, 2.05) is 31.2 Å². The summed E-state index contributed by atoms with van der Waals surface area (Å²) in [4.78, 5) is 23.1. The summed E-state index contributed by atoms with van der Waals surface area (Å²) in [7, 11) is 0. The standard InChI is InChI=1S/C16H24N2O3/c1-11-5-7-12(8-6-11)9-10-13(14(17)19)18-15(20)21-16(2,3)4/h5-8,13H,9-10H2,1-4H3,(H2,17,19)(H,18,20). The zero-order chi connectivity index (χ0) is 16.0. The molecule has 0 fully saturated rings. The molecular weight excluding hydrogens is 268 g/mol. The second-order valence-corrected chi connectivity index (χ2v) is 6.13. The molecule has 1 aromatic carbocycles. The second kappa shape index (κ2) is 7.11. The highest BCUT2D eigenvalue weighted by atomic mass is 16.6. The molecule has 0 aromatic heterocycles. The number of carbonyl (C=O) groups is 2. The molecule has 0 aliphatic rings. The van der Waals surface area contributed by atoms with Gasteiger partial charge in [-0.05, 0) is 46.1 Å². The molecule has 0 saturated heterocycles. The van der Waals surface area contributed by atoms with E-state index >= 15 is 0 Å². The minimum absolute atomic E-state index is 0.442. The Morgan fingerprint density at radius 3 is 2.29 bits per heavy atom. The number of hydrogen-bond acceptors (Lipinski definition) is 3. The largest absolute Gasteiger partial charge is 0.444 e. The average molecular weight is 292 g/mol. The SMILES string of the molecule is Cc1ccc(CCC(NC(=O)OC(C)(C)C)C(N)=O)cc1. The smallest absolute Gasteiger partial charge is 0.408 e. The van der Waals surface area contributed by atoms with E-state index in [0.717, 1.165) is 5.56 Å². The number of rotatable bonds is 5. The number of nitrogens with one attached hydrogen (secondary N) is 1. The lowest BCUT2D eigenvalue weighted by molar-refractivity contribution is -0.120. The summed E-state index contributed by atoms with van der Waals surface area (Å²) >= 11 is 0. The van der Waals surface area contributed by atoms with E-state index in [2.05, 4.69) is 5.32 Å². The molecule has 1 rings (SSSR count). The number of primary amides is 1. The fourth-order valence-corrected chi connectivity index (χ4v) is 1.80. The first-order valence-corrected chi connectivity index (χ1v) is 7.02. The molecule has 0 radical (unpaired) electrons. The molecule has 5 heteroatoms. The molecule has 0 aliphatic heterocycles. The second-order valence-electron chi connectivity index (χ2n) is 6.13. The van der Waals surface area contributed by atoms with Gasteiger partial charge in [-0.3, -0.25) is 4.79 Å². The van der Waals surface area contributed by atoms with Gasteiger partial charge in [0.15, 0.2) is 0 Å². The molecule has 0 aliphatic carbocycles. The van der Waals surface area contributed by atoms with Crippen LogP contribution in [0, 0.1) is 6.92 Å². The third-order valence-corrected chi connectivity index (χ3v) is 2.88. The van der Waals surface area contributed by atoms with Crippen molar-refractivity contribution in [2.75, 3.05) is 0 Å². The first-order valence-electron chi connectivity index (χ1n) is 7.02. The van der Waals surface area contributed by atoms with E-state index < -0.39 is 23.6 Å². The fourth-order valence-electron chi connectivity index (χ4n) is 1.80. The Labute approximate surface area is 125 Å². The van der Waals surface area contributed by atoms with Crippen LogP contribution < -0.4 is 11.1 Å². The van der Waals surface area contributed by atoms with E-state index in [9.17, 15) is 9.59 Å². The van der Waals surface area contributed by atoms with E-state index in [4.69, 9.17) is 10.5 Å². The van der Waals surface area contributed by atoms with E-state index in [1.54, 1.807) is 20.8 Å². The third kappa shape index (κ3) is 6.79. The zero-order valence-corrected chi connectivity index (χ0v) is 13.1. The van der Waals surface area contributed by atoms with Crippen molar-refractivity contribution in [3.8, 4) is 0 Å². The summed E-state index contributed by atoms with van der Waals surface area (Å²) in [5, 5.41) is 2.52. The third-order valence-electron chi connectivity index (χ3n) is 2.88. The lowest BCUT2D eigenvalue weighted by Gasteiger charge is -2.22. The van der Waals surface area contributed by atoms with Gasteiger partial charge in [-0.1, -0.05) is 29.8 Å². The average Bonchev–Trinajstić information content (AvgIpc) is 2.33. The number of carbonyl (C=O) groups excluding carboxylic acids is 2. The normalized spacial score (nSPS) is 12.6. The van der Waals surface area contributed by atoms with Gasteiger partial charge < -0.3 is 15.8 Å². The van der Waals surface area contributed by atoms with Gasteiger partial charge in [-0.2, -0.15) is 0 Å². The fraction of sp³-hybridized carbons (Fsp3) is 0.500. The van der Waals surface area contributed by atoms with Gasteiger partial charge in [0, 0.05) is 0 Å². The first-order chi connectivity index (χ1) is 9.67. The van der Waals surface area contributed by atoms with E-state index in [-0.39, 0.29) is 0 Å². The van der Waals surface area contributed by atoms with Crippen LogP contribution in [0.1, 0.15) is 38.3 Å². The van der Waals surface area contributed by atoms with Crippen molar-refractivity contribution >= 4 is 12.0 Å². The number of aryl methyl sites for hydroxylation is 2. The molecule has 1 atom stereocenters. The number of alkyl carbamates (subject to hydrolysis) is 1. The first kappa shape index (κ1) is 17.0. The number of ether oxygens (including phenoxy) is 1. The van der Waals surface area contributed by atoms with Crippen molar-refractivity contribution in [2.24, 2.45) is 5.73 Å². The maximum atomic E-state index is 11.7. The van der Waals surface area contributed by atoms with Crippen LogP contribution in [0.15, 0.2) is 24.3 Å². The number of hydrogen-bond donors (Lipinski definition) is 2. The van der Waals surface area contributed by atoms with Crippen molar-refractivity contribution in [1.82, 2.24) is 5.32 Å². The number of nitrogens with two attached hydrogens (primary N) is 1. The highest BCUT2D eigenvalue weighted by Crippen LogP contribution is 2.10. The summed E-state index contributed by atoms with van der Waals surface area (Å²) in [6.45, 7) is 7.30. The van der Waals surface area contributed by atoms with Crippen LogP contribution in [0.2, 0.25) is 0 Å². The highest BCUT2D eigenvalue weighted by molar-refractivity contribution is 5.84. The topological polar surface area (TPSA) is 81.4 Å². The molecule has 21 heavy (non-hydrogen) atoms. The lowest BCUT2D eigenvalue weighted by atomic mass is 10.0. The summed E-state index contributed by atoms with van der Waals surface area (Å²) in [6.07, 6.45) is 0.469. The summed E-state index contributed by atoms with van der Waals surface area (Å²) in [6, 6.07) is 7.29. The predicted octanol–water partition coefficient (Wildman–Crippen LogP) is 2.31. The molecule has 5 nitrogen and oxygen atoms in total. The predicted molar refractivity (Wildman–Crippen MR) is 81.9 cm³/mol. The molecule has 116 valence electrons. The monoisotopic (exact) mass is 292 g/mol. The molecule has 0 heterocycles. The molecule has 0 saturated carbocycles. The Hall–Kier alpha value is -2.04. The lowest BCUT2D eigenvalue weighted by Crippen LogP contribution is -2.46. The van der Waals surface area contributed by atoms with E-state index in [1.165, 1.54) is 5.56 Å². The van der Waals surface area contributed by atoms with Gasteiger partial charge in [-0.25, -0.2) is 4.79 Å². The number of benzene rings is 1. The van der Waals surface area contributed by atoms with Crippen LogP contribution >= 0.6 is 0 Å². The summed E-state index contributed by atoms with van der Waals surface area (Å²) < 4.78 is 5.13. The van der Waals surface area contributed by atoms with Crippen molar-refractivity contribution in [3.63, 3.8) is 0 Å². The van der Waals surface area contributed by atoms with Gasteiger partial charge >= 0.3 is 6.09 Å². The van der Waals surface area contributed by atoms with E-state index in [0.29, 0.717) is 12.8 Å². The zero-order valence-electron chi connectivity index (χ0n) is 13.1. The van der Waals surface area contributed by atoms with Crippen molar-refractivity contribution in [3.05, 3.63) is 35.4 Å². The molecule has 2 amide bonds. The van der Waals surface area contributed by atoms with Gasteiger partial charge in [-0.15, -0.1) is 0 Å². The van der Waals surface area contributed by atoms with Crippen molar-refractivity contribution < 1.29 is 14.3 Å². The minimum Gasteiger partial charge on any atom is -0.444 e. The maximum absolute atomic E-state index is 11.7. The van der Waals surface area contributed by atoms with Crippen molar-refractivity contribution in [2.45, 2.75) is 52.2 Å². The van der Waals surface area contributed by atoms with Gasteiger partial charge in [0.1, 0.15) is 11.6 Å².